The molecule has 0 aliphatic rings. The number of hydrogen-bond acceptors (Lipinski definition) is 3. The van der Waals surface area contributed by atoms with Crippen molar-refractivity contribution in [3.63, 3.8) is 0 Å². The second-order valence-corrected chi connectivity index (χ2v) is 8.33. The predicted molar refractivity (Wildman–Crippen MR) is 150 cm³/mol. The van der Waals surface area contributed by atoms with Gasteiger partial charge in [-0.1, -0.05) is 84.6 Å². The van der Waals surface area contributed by atoms with Crippen LogP contribution in [0.2, 0.25) is 0 Å². The van der Waals surface area contributed by atoms with E-state index in [2.05, 4.69) is 28.9 Å². The van der Waals surface area contributed by atoms with Gasteiger partial charge in [0.1, 0.15) is 5.84 Å². The number of amidine groups is 1. The molecule has 0 aromatic heterocycles. The first-order valence-electron chi connectivity index (χ1n) is 11.4. The van der Waals surface area contributed by atoms with Crippen LogP contribution in [-0.2, 0) is 6.54 Å². The van der Waals surface area contributed by atoms with Crippen molar-refractivity contribution < 1.29 is 4.79 Å². The van der Waals surface area contributed by atoms with E-state index in [0.29, 0.717) is 29.8 Å². The van der Waals surface area contributed by atoms with Crippen LogP contribution in [0.25, 0.3) is 0 Å². The number of rotatable bonds is 7. The molecule has 0 spiro atoms. The summed E-state index contributed by atoms with van der Waals surface area (Å²) in [4.78, 5) is 15.0. The fourth-order valence-electron chi connectivity index (χ4n) is 3.89. The fraction of sp³-hybridized carbons (Fsp3) is 0.0968. The Hall–Kier alpha value is -4.33. The molecule has 36 heavy (non-hydrogen) atoms. The van der Waals surface area contributed by atoms with E-state index in [4.69, 9.17) is 11.1 Å². The Morgan fingerprint density at radius 3 is 2.19 bits per heavy atom. The quantitative estimate of drug-likeness (QED) is 0.144. The molecule has 0 amide bonds. The first-order valence-corrected chi connectivity index (χ1v) is 11.4. The second kappa shape index (κ2) is 12.4. The molecule has 0 radical (unpaired) electrons. The maximum atomic E-state index is 12.8. The van der Waals surface area contributed by atoms with E-state index < -0.39 is 0 Å². The molecule has 0 bridgehead atoms. The van der Waals surface area contributed by atoms with Gasteiger partial charge in [0, 0.05) is 34.5 Å². The number of aryl methyl sites for hydroxylation is 1. The number of nitrogens with one attached hydrogen (secondary N) is 1. The van der Waals surface area contributed by atoms with E-state index in [0.717, 1.165) is 16.8 Å². The van der Waals surface area contributed by atoms with Gasteiger partial charge in [-0.15, -0.1) is 12.4 Å². The number of carbonyl (C=O) groups is 1. The molecule has 0 saturated carbocycles. The lowest BCUT2D eigenvalue weighted by atomic mass is 9.97. The van der Waals surface area contributed by atoms with Gasteiger partial charge in [0.15, 0.2) is 5.78 Å². The van der Waals surface area contributed by atoms with E-state index in [1.54, 1.807) is 0 Å². The standard InChI is InChI=1S/C31H27N3O.ClH/c1-23-20-24(17-18-29(23)30(35)26-13-6-3-7-14-26)12-9-19-34(22-25-10-4-2-5-11-25)28-16-8-15-27(21-28)31(32)33;/h2-8,10-11,13-18,20-21H,19,22H2,1H3,(H3,32,33);1H. The predicted octanol–water partition coefficient (Wildman–Crippen LogP) is 5.99. The Balaban J connectivity index is 0.00000361. The smallest absolute Gasteiger partial charge is 0.193 e. The zero-order valence-electron chi connectivity index (χ0n) is 20.1. The van der Waals surface area contributed by atoms with Crippen molar-refractivity contribution in [3.05, 3.63) is 137 Å². The Morgan fingerprint density at radius 1 is 0.861 bits per heavy atom. The highest BCUT2D eigenvalue weighted by atomic mass is 35.5. The SMILES string of the molecule is Cc1cc(C#CCN(Cc2ccccc2)c2cccc(C(=N)N)c2)ccc1C(=O)c1ccccc1.Cl. The normalized spacial score (nSPS) is 9.92. The van der Waals surface area contributed by atoms with Crippen molar-refractivity contribution in [3.8, 4) is 11.8 Å². The first kappa shape index (κ1) is 26.3. The maximum Gasteiger partial charge on any atom is 0.193 e. The summed E-state index contributed by atoms with van der Waals surface area (Å²) < 4.78 is 0. The van der Waals surface area contributed by atoms with Gasteiger partial charge in [-0.25, -0.2) is 0 Å². The summed E-state index contributed by atoms with van der Waals surface area (Å²) in [5, 5.41) is 7.77. The number of halogens is 1. The van der Waals surface area contributed by atoms with Crippen molar-refractivity contribution in [2.75, 3.05) is 11.4 Å². The molecule has 0 heterocycles. The number of hydrogen-bond donors (Lipinski definition) is 2. The van der Waals surface area contributed by atoms with Crippen LogP contribution in [-0.4, -0.2) is 18.2 Å². The highest BCUT2D eigenvalue weighted by molar-refractivity contribution is 6.09. The topological polar surface area (TPSA) is 70.2 Å². The number of nitrogens with zero attached hydrogens (tertiary/aromatic N) is 1. The Bertz CT molecular complexity index is 1410. The number of ketones is 1. The van der Waals surface area contributed by atoms with Gasteiger partial charge in [-0.3, -0.25) is 10.2 Å². The highest BCUT2D eigenvalue weighted by Gasteiger charge is 2.12. The van der Waals surface area contributed by atoms with Crippen LogP contribution < -0.4 is 10.6 Å². The van der Waals surface area contributed by atoms with Crippen LogP contribution in [0, 0.1) is 24.2 Å². The molecule has 3 N–H and O–H groups in total. The molecule has 0 saturated heterocycles. The van der Waals surface area contributed by atoms with E-state index in [1.165, 1.54) is 5.56 Å². The zero-order chi connectivity index (χ0) is 24.6. The summed E-state index contributed by atoms with van der Waals surface area (Å²) in [6.45, 7) is 3.12. The minimum absolute atomic E-state index is 0. The lowest BCUT2D eigenvalue weighted by molar-refractivity contribution is 0.103. The molecule has 4 nitrogen and oxygen atoms in total. The highest BCUT2D eigenvalue weighted by Crippen LogP contribution is 2.19. The summed E-state index contributed by atoms with van der Waals surface area (Å²) in [7, 11) is 0. The van der Waals surface area contributed by atoms with E-state index in [9.17, 15) is 4.79 Å². The van der Waals surface area contributed by atoms with Crippen molar-refractivity contribution in [1.29, 1.82) is 5.41 Å². The third kappa shape index (κ3) is 6.63. The minimum Gasteiger partial charge on any atom is -0.384 e. The molecule has 0 aliphatic heterocycles. The number of nitrogens with two attached hydrogens (primary N) is 1. The monoisotopic (exact) mass is 493 g/mol. The molecular weight excluding hydrogens is 466 g/mol. The van der Waals surface area contributed by atoms with Crippen LogP contribution in [0.15, 0.2) is 103 Å². The maximum absolute atomic E-state index is 12.8. The Labute approximate surface area is 218 Å². The molecule has 0 unspecified atom stereocenters. The molecule has 4 aromatic carbocycles. The molecular formula is C31H28ClN3O. The van der Waals surface area contributed by atoms with E-state index >= 15 is 0 Å². The summed E-state index contributed by atoms with van der Waals surface area (Å²) in [6, 6.07) is 32.9. The molecule has 4 rings (SSSR count). The molecule has 0 aliphatic carbocycles. The third-order valence-electron chi connectivity index (χ3n) is 5.75. The van der Waals surface area contributed by atoms with E-state index in [-0.39, 0.29) is 24.0 Å². The van der Waals surface area contributed by atoms with E-state index in [1.807, 2.05) is 97.9 Å². The van der Waals surface area contributed by atoms with Crippen LogP contribution in [0.3, 0.4) is 0 Å². The molecule has 4 aromatic rings. The van der Waals surface area contributed by atoms with Gasteiger partial charge in [0.05, 0.1) is 6.54 Å². The molecule has 180 valence electrons. The lowest BCUT2D eigenvalue weighted by Gasteiger charge is -2.23. The van der Waals surface area contributed by atoms with Gasteiger partial charge in [0.25, 0.3) is 0 Å². The largest absolute Gasteiger partial charge is 0.384 e. The molecule has 0 fully saturated rings. The minimum atomic E-state index is 0. The lowest BCUT2D eigenvalue weighted by Crippen LogP contribution is -2.23. The van der Waals surface area contributed by atoms with Crippen LogP contribution in [0.1, 0.15) is 38.2 Å². The van der Waals surface area contributed by atoms with Crippen LogP contribution in [0.4, 0.5) is 5.69 Å². The molecule has 5 heteroatoms. The summed E-state index contributed by atoms with van der Waals surface area (Å²) >= 11 is 0. The Kier molecular flexibility index (Phi) is 9.05. The van der Waals surface area contributed by atoms with Crippen molar-refractivity contribution in [2.24, 2.45) is 5.73 Å². The first-order chi connectivity index (χ1) is 17.0. The van der Waals surface area contributed by atoms with Gasteiger partial charge in [0.2, 0.25) is 0 Å². The number of benzene rings is 4. The van der Waals surface area contributed by atoms with Gasteiger partial charge >= 0.3 is 0 Å². The third-order valence-corrected chi connectivity index (χ3v) is 5.75. The Morgan fingerprint density at radius 2 is 1.53 bits per heavy atom. The number of nitrogen functional groups attached to an aromatic ring is 1. The zero-order valence-corrected chi connectivity index (χ0v) is 20.9. The average molecular weight is 494 g/mol. The number of carbonyl (C=O) groups excluding carboxylic acids is 1. The molecule has 0 atom stereocenters. The van der Waals surface area contributed by atoms with Gasteiger partial charge in [-0.05, 0) is 48.4 Å². The van der Waals surface area contributed by atoms with Gasteiger partial charge < -0.3 is 10.6 Å². The summed E-state index contributed by atoms with van der Waals surface area (Å²) in [6.07, 6.45) is 0. The summed E-state index contributed by atoms with van der Waals surface area (Å²) in [5.41, 5.74) is 11.7. The van der Waals surface area contributed by atoms with Crippen molar-refractivity contribution in [1.82, 2.24) is 0 Å². The van der Waals surface area contributed by atoms with Gasteiger partial charge in [-0.2, -0.15) is 0 Å². The fourth-order valence-corrected chi connectivity index (χ4v) is 3.89. The number of anilines is 1. The second-order valence-electron chi connectivity index (χ2n) is 8.33. The van der Waals surface area contributed by atoms with Crippen molar-refractivity contribution >= 4 is 29.7 Å². The average Bonchev–Trinajstić information content (AvgIpc) is 2.89. The van der Waals surface area contributed by atoms with Crippen LogP contribution >= 0.6 is 12.4 Å². The van der Waals surface area contributed by atoms with Crippen molar-refractivity contribution in [2.45, 2.75) is 13.5 Å². The summed E-state index contributed by atoms with van der Waals surface area (Å²) in [5.74, 6) is 6.58. The van der Waals surface area contributed by atoms with Crippen LogP contribution in [0.5, 0.6) is 0 Å².